The molecule has 1 fully saturated rings. The molecule has 1 aliphatic heterocycles. The zero-order valence-electron chi connectivity index (χ0n) is 12.1. The van der Waals surface area contributed by atoms with Crippen LogP contribution in [0.4, 0.5) is 4.79 Å². The molecule has 2 N–H and O–H groups in total. The number of rotatable bonds is 5. The minimum atomic E-state index is -0.111. The highest BCUT2D eigenvalue weighted by Crippen LogP contribution is 2.24. The Kier molecular flexibility index (Phi) is 5.79. The lowest BCUT2D eigenvalue weighted by atomic mass is 10.1. The van der Waals surface area contributed by atoms with E-state index in [4.69, 9.17) is 4.42 Å². The van der Waals surface area contributed by atoms with Gasteiger partial charge < -0.3 is 15.1 Å². The molecule has 1 aromatic heterocycles. The summed E-state index contributed by atoms with van der Waals surface area (Å²) in [6, 6.07) is 2.20. The molecule has 2 heterocycles. The maximum Gasteiger partial charge on any atom is 0.315 e. The number of furan rings is 1. The molecule has 0 spiro atoms. The number of thioether (sulfide) groups is 1. The molecule has 0 radical (unpaired) electrons. The second-order valence-corrected chi connectivity index (χ2v) is 6.45. The van der Waals surface area contributed by atoms with Gasteiger partial charge in [0.1, 0.15) is 0 Å². The van der Waals surface area contributed by atoms with E-state index in [1.807, 2.05) is 31.7 Å². The molecule has 1 aliphatic rings. The van der Waals surface area contributed by atoms with Crippen LogP contribution < -0.4 is 10.6 Å². The van der Waals surface area contributed by atoms with Crippen molar-refractivity contribution >= 4 is 17.8 Å². The number of hydrogen-bond donors (Lipinski definition) is 2. The molecule has 0 bridgehead atoms. The standard InChI is InChI=1S/C14H23N3O2S/c1-11(2)16-14(18)15-9-13(12-3-6-19-10-12)17-4-7-20-8-5-17/h3,6,10-11,13H,4-5,7-9H2,1-2H3,(H2,15,16,18)/t13-/m0/s1. The molecule has 2 amide bonds. The van der Waals surface area contributed by atoms with Crippen molar-refractivity contribution in [3.05, 3.63) is 24.2 Å². The molecule has 2 rings (SSSR count). The van der Waals surface area contributed by atoms with Crippen LogP contribution in [0, 0.1) is 0 Å². The van der Waals surface area contributed by atoms with Crippen molar-refractivity contribution in [3.63, 3.8) is 0 Å². The van der Waals surface area contributed by atoms with Gasteiger partial charge in [-0.3, -0.25) is 4.90 Å². The SMILES string of the molecule is CC(C)NC(=O)NC[C@@H](c1ccoc1)N1CCSCC1. The number of urea groups is 1. The van der Waals surface area contributed by atoms with Crippen LogP contribution in [-0.2, 0) is 0 Å². The van der Waals surface area contributed by atoms with Crippen molar-refractivity contribution in [2.45, 2.75) is 25.9 Å². The first kappa shape index (κ1) is 15.3. The largest absolute Gasteiger partial charge is 0.472 e. The third-order valence-electron chi connectivity index (χ3n) is 3.29. The molecule has 0 aliphatic carbocycles. The summed E-state index contributed by atoms with van der Waals surface area (Å²) in [6.07, 6.45) is 3.46. The number of hydrogen-bond acceptors (Lipinski definition) is 4. The summed E-state index contributed by atoms with van der Waals surface area (Å²) in [4.78, 5) is 14.2. The molecule has 1 aromatic rings. The zero-order chi connectivity index (χ0) is 14.4. The summed E-state index contributed by atoms with van der Waals surface area (Å²) in [5.41, 5.74) is 1.13. The molecular weight excluding hydrogens is 274 g/mol. The molecule has 6 heteroatoms. The Balaban J connectivity index is 1.94. The smallest absolute Gasteiger partial charge is 0.315 e. The topological polar surface area (TPSA) is 57.5 Å². The van der Waals surface area contributed by atoms with E-state index in [1.165, 1.54) is 0 Å². The van der Waals surface area contributed by atoms with Crippen molar-refractivity contribution in [2.75, 3.05) is 31.1 Å². The van der Waals surface area contributed by atoms with E-state index in [-0.39, 0.29) is 18.1 Å². The second-order valence-electron chi connectivity index (χ2n) is 5.23. The fourth-order valence-corrected chi connectivity index (χ4v) is 3.25. The Morgan fingerprint density at radius 2 is 2.20 bits per heavy atom. The average Bonchev–Trinajstić information content (AvgIpc) is 2.93. The summed E-state index contributed by atoms with van der Waals surface area (Å²) in [6.45, 7) is 6.61. The van der Waals surface area contributed by atoms with E-state index in [9.17, 15) is 4.79 Å². The number of carbonyl (C=O) groups is 1. The number of nitrogens with one attached hydrogen (secondary N) is 2. The Bertz CT molecular complexity index is 403. The van der Waals surface area contributed by atoms with Gasteiger partial charge in [0.05, 0.1) is 18.6 Å². The molecule has 0 unspecified atom stereocenters. The fourth-order valence-electron chi connectivity index (χ4n) is 2.31. The first-order chi connectivity index (χ1) is 9.66. The van der Waals surface area contributed by atoms with Crippen molar-refractivity contribution in [3.8, 4) is 0 Å². The van der Waals surface area contributed by atoms with Crippen LogP contribution >= 0.6 is 11.8 Å². The molecule has 1 saturated heterocycles. The van der Waals surface area contributed by atoms with Crippen LogP contribution in [0.15, 0.2) is 23.0 Å². The van der Waals surface area contributed by atoms with E-state index < -0.39 is 0 Å². The summed E-state index contributed by atoms with van der Waals surface area (Å²) in [7, 11) is 0. The van der Waals surface area contributed by atoms with E-state index >= 15 is 0 Å². The Hall–Kier alpha value is -1.14. The summed E-state index contributed by atoms with van der Waals surface area (Å²) < 4.78 is 5.20. The number of nitrogens with zero attached hydrogens (tertiary/aromatic N) is 1. The van der Waals surface area contributed by atoms with Gasteiger partial charge >= 0.3 is 6.03 Å². The first-order valence-corrected chi connectivity index (χ1v) is 8.20. The molecular formula is C14H23N3O2S. The Labute approximate surface area is 124 Å². The quantitative estimate of drug-likeness (QED) is 0.873. The minimum absolute atomic E-state index is 0.111. The fraction of sp³-hybridized carbons (Fsp3) is 0.643. The predicted molar refractivity (Wildman–Crippen MR) is 82.0 cm³/mol. The van der Waals surface area contributed by atoms with Crippen molar-refractivity contribution in [1.82, 2.24) is 15.5 Å². The predicted octanol–water partition coefficient (Wildman–Crippen LogP) is 2.08. The van der Waals surface area contributed by atoms with Gasteiger partial charge in [-0.05, 0) is 19.9 Å². The molecule has 0 aromatic carbocycles. The molecule has 5 nitrogen and oxygen atoms in total. The third kappa shape index (κ3) is 4.45. The van der Waals surface area contributed by atoms with Gasteiger partial charge in [-0.25, -0.2) is 4.79 Å². The van der Waals surface area contributed by atoms with Gasteiger partial charge in [0.15, 0.2) is 0 Å². The normalized spacial score (nSPS) is 17.9. The second kappa shape index (κ2) is 7.59. The summed E-state index contributed by atoms with van der Waals surface area (Å²) in [5, 5.41) is 5.81. The first-order valence-electron chi connectivity index (χ1n) is 7.05. The highest BCUT2D eigenvalue weighted by molar-refractivity contribution is 7.99. The van der Waals surface area contributed by atoms with Crippen LogP contribution in [0.1, 0.15) is 25.5 Å². The maximum absolute atomic E-state index is 11.7. The number of amides is 2. The van der Waals surface area contributed by atoms with E-state index in [1.54, 1.807) is 12.5 Å². The summed E-state index contributed by atoms with van der Waals surface area (Å²) in [5.74, 6) is 2.29. The van der Waals surface area contributed by atoms with E-state index in [0.717, 1.165) is 30.2 Å². The zero-order valence-corrected chi connectivity index (χ0v) is 12.9. The lowest BCUT2D eigenvalue weighted by molar-refractivity contribution is 0.204. The lowest BCUT2D eigenvalue weighted by Gasteiger charge is -2.34. The van der Waals surface area contributed by atoms with Gasteiger partial charge in [0, 0.05) is 42.7 Å². The molecule has 112 valence electrons. The highest BCUT2D eigenvalue weighted by atomic mass is 32.2. The maximum atomic E-state index is 11.7. The van der Waals surface area contributed by atoms with Crippen molar-refractivity contribution in [1.29, 1.82) is 0 Å². The van der Waals surface area contributed by atoms with Crippen LogP contribution in [0.3, 0.4) is 0 Å². The highest BCUT2D eigenvalue weighted by Gasteiger charge is 2.23. The van der Waals surface area contributed by atoms with Crippen LogP contribution in [0.5, 0.6) is 0 Å². The van der Waals surface area contributed by atoms with E-state index in [0.29, 0.717) is 6.54 Å². The summed E-state index contributed by atoms with van der Waals surface area (Å²) >= 11 is 1.98. The molecule has 1 atom stereocenters. The lowest BCUT2D eigenvalue weighted by Crippen LogP contribution is -2.45. The van der Waals surface area contributed by atoms with Gasteiger partial charge in [-0.1, -0.05) is 0 Å². The third-order valence-corrected chi connectivity index (χ3v) is 4.23. The van der Waals surface area contributed by atoms with Gasteiger partial charge in [-0.2, -0.15) is 11.8 Å². The Morgan fingerprint density at radius 1 is 1.45 bits per heavy atom. The minimum Gasteiger partial charge on any atom is -0.472 e. The number of carbonyl (C=O) groups excluding carboxylic acids is 1. The van der Waals surface area contributed by atoms with Gasteiger partial charge in [0.2, 0.25) is 0 Å². The molecule has 0 saturated carbocycles. The van der Waals surface area contributed by atoms with Crippen LogP contribution in [-0.4, -0.2) is 48.1 Å². The Morgan fingerprint density at radius 3 is 2.80 bits per heavy atom. The van der Waals surface area contributed by atoms with Crippen molar-refractivity contribution in [2.24, 2.45) is 0 Å². The van der Waals surface area contributed by atoms with Crippen molar-refractivity contribution < 1.29 is 9.21 Å². The molecule has 20 heavy (non-hydrogen) atoms. The average molecular weight is 297 g/mol. The van der Waals surface area contributed by atoms with E-state index in [2.05, 4.69) is 15.5 Å². The van der Waals surface area contributed by atoms with Gasteiger partial charge in [0.25, 0.3) is 0 Å². The van der Waals surface area contributed by atoms with Crippen LogP contribution in [0.2, 0.25) is 0 Å². The monoisotopic (exact) mass is 297 g/mol. The van der Waals surface area contributed by atoms with Crippen LogP contribution in [0.25, 0.3) is 0 Å². The van der Waals surface area contributed by atoms with Gasteiger partial charge in [-0.15, -0.1) is 0 Å².